The van der Waals surface area contributed by atoms with Crippen LogP contribution in [0.25, 0.3) is 0 Å². The quantitative estimate of drug-likeness (QED) is 0.256. The highest BCUT2D eigenvalue weighted by molar-refractivity contribution is 9.54. The lowest BCUT2D eigenvalue weighted by Crippen LogP contribution is -2.57. The van der Waals surface area contributed by atoms with Crippen LogP contribution < -0.4 is 0 Å². The number of halogens is 8. The fourth-order valence-electron chi connectivity index (χ4n) is 0.637. The number of hydrogen-bond donors (Lipinski definition) is 0. The van der Waals surface area contributed by atoms with E-state index in [-0.39, 0.29) is 0 Å². The molecule has 1 rings (SSSR count). The molecule has 16 heavy (non-hydrogen) atoms. The molecule has 0 radical (unpaired) electrons. The van der Waals surface area contributed by atoms with Crippen molar-refractivity contribution in [1.82, 2.24) is 0 Å². The second kappa shape index (κ2) is 6.35. The molecule has 96 valence electrons. The van der Waals surface area contributed by atoms with Gasteiger partial charge in [-0.25, -0.2) is 0 Å². The maximum atomic E-state index is 5.71. The van der Waals surface area contributed by atoms with Crippen molar-refractivity contribution in [3.63, 3.8) is 0 Å². The summed E-state index contributed by atoms with van der Waals surface area (Å²) in [4.78, 5) is 0. The van der Waals surface area contributed by atoms with Crippen LogP contribution in [0.2, 0.25) is 0 Å². The predicted molar refractivity (Wildman–Crippen MR) is 98.8 cm³/mol. The third-order valence-electron chi connectivity index (χ3n) is 0.951. The Balaban J connectivity index is 2.98. The van der Waals surface area contributed by atoms with Gasteiger partial charge in [-0.2, -0.15) is 0 Å². The number of hydrogen-bond acceptors (Lipinski definition) is 4. The molecule has 4 nitrogen and oxygen atoms in total. The smallest absolute Gasteiger partial charge is 0.383 e. The lowest BCUT2D eigenvalue weighted by Gasteiger charge is -2.38. The molecule has 0 aromatic heterocycles. The Morgan fingerprint density at radius 2 is 0.500 bits per heavy atom. The SMILES string of the molecule is Br[Si]1(Br)O[Si](Br)(Br)O[Si](Br)(Br)O[Si](Br)(Br)O1. The molecule has 0 spiro atoms. The first-order valence-electron chi connectivity index (χ1n) is 3.14. The van der Waals surface area contributed by atoms with Crippen LogP contribution in [0.3, 0.4) is 0 Å². The average molecular weight is 816 g/mol. The van der Waals surface area contributed by atoms with Crippen molar-refractivity contribution >= 4 is 146 Å². The Bertz CT molecular complexity index is 205. The summed E-state index contributed by atoms with van der Waals surface area (Å²) in [5.74, 6) is -10.9. The maximum Gasteiger partial charge on any atom is 0.475 e. The lowest BCUT2D eigenvalue weighted by atomic mass is 15.7. The first-order valence-corrected chi connectivity index (χ1v) is 28.5. The minimum absolute atomic E-state index is 2.71. The van der Waals surface area contributed by atoms with E-state index in [0.717, 1.165) is 0 Å². The highest BCUT2D eigenvalue weighted by atomic mass is 79.9. The van der Waals surface area contributed by atoms with E-state index in [1.807, 2.05) is 0 Å². The van der Waals surface area contributed by atoms with E-state index in [1.54, 1.807) is 0 Å². The molecular formula is Br8O4Si4. The van der Waals surface area contributed by atoms with Crippen molar-refractivity contribution in [3.8, 4) is 0 Å². The Kier molecular flexibility index (Phi) is 7.38. The standard InChI is InChI=1S/Br8O4Si4/c1-13(2)9-14(3,4)11-16(7,8)12-15(5,6)10-13. The molecule has 0 unspecified atom stereocenters. The molecule has 1 heterocycles. The molecule has 1 aliphatic rings. The summed E-state index contributed by atoms with van der Waals surface area (Å²) in [5.41, 5.74) is 0. The molecule has 0 aliphatic carbocycles. The summed E-state index contributed by atoms with van der Waals surface area (Å²) in [5, 5.41) is 0. The second-order valence-corrected chi connectivity index (χ2v) is 47.1. The molecule has 0 saturated carbocycles. The molecule has 1 saturated heterocycles. The van der Waals surface area contributed by atoms with Gasteiger partial charge in [0, 0.05) is 0 Å². The minimum atomic E-state index is -2.71. The van der Waals surface area contributed by atoms with Gasteiger partial charge in [-0.3, -0.25) is 0 Å². The van der Waals surface area contributed by atoms with Crippen LogP contribution in [0.15, 0.2) is 0 Å². The molecule has 0 atom stereocenters. The zero-order valence-corrected chi connectivity index (χ0v) is 23.3. The Morgan fingerprint density at radius 3 is 0.625 bits per heavy atom. The van der Waals surface area contributed by atoms with Gasteiger partial charge in [0.15, 0.2) is 0 Å². The van der Waals surface area contributed by atoms with Crippen LogP contribution in [0.4, 0.5) is 0 Å². The molecule has 0 bridgehead atoms. The van der Waals surface area contributed by atoms with E-state index >= 15 is 0 Å². The van der Waals surface area contributed by atoms with E-state index in [4.69, 9.17) is 16.5 Å². The van der Waals surface area contributed by atoms with E-state index in [1.165, 1.54) is 0 Å². The Labute approximate surface area is 159 Å². The normalized spacial score (nSPS) is 31.5. The summed E-state index contributed by atoms with van der Waals surface area (Å²) in [6, 6.07) is 0. The van der Waals surface area contributed by atoms with Gasteiger partial charge in [0.1, 0.15) is 0 Å². The summed E-state index contributed by atoms with van der Waals surface area (Å²) < 4.78 is 22.8. The summed E-state index contributed by atoms with van der Waals surface area (Å²) >= 11 is 26.8. The molecular weight excluding hydrogens is 816 g/mol. The summed E-state index contributed by atoms with van der Waals surface area (Å²) in [6.45, 7) is 0. The zero-order valence-electron chi connectivity index (χ0n) is 6.66. The third-order valence-corrected chi connectivity index (χ3v) is 31.9. The van der Waals surface area contributed by atoms with E-state index < -0.39 is 23.2 Å². The first kappa shape index (κ1) is 18.6. The van der Waals surface area contributed by atoms with Crippen molar-refractivity contribution < 1.29 is 16.5 Å². The first-order chi connectivity index (χ1) is 6.83. The van der Waals surface area contributed by atoms with Gasteiger partial charge >= 0.3 is 23.2 Å². The van der Waals surface area contributed by atoms with Crippen LogP contribution in [0.5, 0.6) is 0 Å². The third kappa shape index (κ3) is 7.01. The molecule has 16 heteroatoms. The zero-order chi connectivity index (χ0) is 12.8. The van der Waals surface area contributed by atoms with Gasteiger partial charge in [-0.15, -0.1) is 0 Å². The largest absolute Gasteiger partial charge is 0.475 e. The van der Waals surface area contributed by atoms with E-state index in [9.17, 15) is 0 Å². The Morgan fingerprint density at radius 1 is 0.375 bits per heavy atom. The average Bonchev–Trinajstić information content (AvgIpc) is 1.67. The molecule has 0 amide bonds. The molecule has 1 aliphatic heterocycles. The van der Waals surface area contributed by atoms with E-state index in [0.29, 0.717) is 0 Å². The summed E-state index contributed by atoms with van der Waals surface area (Å²) in [7, 11) is 0. The molecule has 0 N–H and O–H groups in total. The fourth-order valence-corrected chi connectivity index (χ4v) is 71.3. The van der Waals surface area contributed by atoms with Crippen molar-refractivity contribution in [2.24, 2.45) is 0 Å². The topological polar surface area (TPSA) is 36.9 Å². The summed E-state index contributed by atoms with van der Waals surface area (Å²) in [6.07, 6.45) is 0. The van der Waals surface area contributed by atoms with Crippen molar-refractivity contribution in [3.05, 3.63) is 0 Å². The second-order valence-electron chi connectivity index (χ2n) is 2.26. The van der Waals surface area contributed by atoms with Gasteiger partial charge < -0.3 is 16.5 Å². The number of rotatable bonds is 0. The van der Waals surface area contributed by atoms with Crippen LogP contribution in [-0.2, 0) is 16.5 Å². The molecule has 0 aromatic carbocycles. The molecule has 1 fully saturated rings. The van der Waals surface area contributed by atoms with Crippen LogP contribution >= 0.6 is 122 Å². The monoisotopic (exact) mass is 807 g/mol. The highest BCUT2D eigenvalue weighted by Crippen LogP contribution is 2.46. The van der Waals surface area contributed by atoms with Gasteiger partial charge in [0.25, 0.3) is 0 Å². The molecule has 0 aromatic rings. The van der Waals surface area contributed by atoms with Gasteiger partial charge in [-0.05, 0) is 122 Å². The minimum Gasteiger partial charge on any atom is -0.383 e. The highest BCUT2D eigenvalue weighted by Gasteiger charge is 2.59. The van der Waals surface area contributed by atoms with Crippen LogP contribution in [-0.4, -0.2) is 23.2 Å². The van der Waals surface area contributed by atoms with Crippen molar-refractivity contribution in [2.75, 3.05) is 0 Å². The fraction of sp³-hybridized carbons (Fsp3) is 0. The predicted octanol–water partition coefficient (Wildman–Crippen LogP) is 4.97. The van der Waals surface area contributed by atoms with E-state index in [2.05, 4.69) is 122 Å². The Hall–Kier alpha value is 4.55. The van der Waals surface area contributed by atoms with Gasteiger partial charge in [-0.1, -0.05) is 0 Å². The lowest BCUT2D eigenvalue weighted by molar-refractivity contribution is 0.319. The van der Waals surface area contributed by atoms with Crippen LogP contribution in [0.1, 0.15) is 0 Å². The maximum absolute atomic E-state index is 5.71. The van der Waals surface area contributed by atoms with Gasteiger partial charge in [0.2, 0.25) is 0 Å². The van der Waals surface area contributed by atoms with Crippen molar-refractivity contribution in [1.29, 1.82) is 0 Å². The van der Waals surface area contributed by atoms with Crippen molar-refractivity contribution in [2.45, 2.75) is 0 Å². The van der Waals surface area contributed by atoms with Crippen LogP contribution in [0, 0.1) is 0 Å². The van der Waals surface area contributed by atoms with Gasteiger partial charge in [0.05, 0.1) is 0 Å².